The highest BCUT2D eigenvalue weighted by Crippen LogP contribution is 2.29. The van der Waals surface area contributed by atoms with Crippen molar-refractivity contribution in [3.8, 4) is 0 Å². The summed E-state index contributed by atoms with van der Waals surface area (Å²) >= 11 is 2.77. The molecule has 0 amide bonds. The van der Waals surface area contributed by atoms with E-state index >= 15 is 0 Å². The van der Waals surface area contributed by atoms with Crippen molar-refractivity contribution in [3.63, 3.8) is 0 Å². The molecule has 1 rings (SSSR count). The van der Waals surface area contributed by atoms with Crippen LogP contribution in [0.15, 0.2) is 23.0 Å². The maximum atomic E-state index is 12.4. The normalized spacial score (nSPS) is 11.7. The van der Waals surface area contributed by atoms with E-state index in [4.69, 9.17) is 0 Å². The number of aromatic nitrogens is 1. The molecule has 0 spiro atoms. The number of halogens is 4. The first-order valence-corrected chi connectivity index (χ1v) is 8.65. The first-order valence-electron chi connectivity index (χ1n) is 6.62. The molecule has 0 aliphatic carbocycles. The average molecular weight is 480 g/mol. The molecule has 0 fully saturated rings. The summed E-state index contributed by atoms with van der Waals surface area (Å²) in [6, 6.07) is 0. The van der Waals surface area contributed by atoms with Crippen molar-refractivity contribution in [3.05, 3.63) is 28.7 Å². The van der Waals surface area contributed by atoms with Crippen molar-refractivity contribution in [2.75, 3.05) is 31.6 Å². The number of rotatable bonds is 8. The Morgan fingerprint density at radius 1 is 1.43 bits per heavy atom. The van der Waals surface area contributed by atoms with Crippen LogP contribution in [0.5, 0.6) is 0 Å². The predicted octanol–water partition coefficient (Wildman–Crippen LogP) is 3.41. The largest absolute Gasteiger partial charge is 0.434 e. The van der Waals surface area contributed by atoms with Crippen LogP contribution >= 0.6 is 47.1 Å². The van der Waals surface area contributed by atoms with E-state index in [0.29, 0.717) is 23.9 Å². The SMILES string of the molecule is C=CCSCCNC(=NC)NCCc1nc(C(F)(F)F)cs1.I. The van der Waals surface area contributed by atoms with Gasteiger partial charge in [-0.15, -0.1) is 41.9 Å². The van der Waals surface area contributed by atoms with Gasteiger partial charge < -0.3 is 10.6 Å². The van der Waals surface area contributed by atoms with Crippen LogP contribution in [0.2, 0.25) is 0 Å². The summed E-state index contributed by atoms with van der Waals surface area (Å²) < 4.78 is 37.3. The Bertz CT molecular complexity index is 492. The highest BCUT2D eigenvalue weighted by atomic mass is 127. The summed E-state index contributed by atoms with van der Waals surface area (Å²) in [5.41, 5.74) is -0.825. The maximum absolute atomic E-state index is 12.4. The molecule has 10 heteroatoms. The Balaban J connectivity index is 0.00000484. The van der Waals surface area contributed by atoms with Crippen molar-refractivity contribution >= 4 is 53.0 Å². The van der Waals surface area contributed by atoms with E-state index in [1.807, 2.05) is 6.08 Å². The van der Waals surface area contributed by atoms with Crippen LogP contribution in [0.1, 0.15) is 10.7 Å². The zero-order valence-corrected chi connectivity index (χ0v) is 16.6. The second-order valence-electron chi connectivity index (χ2n) is 4.16. The number of thiazole rings is 1. The molecule has 0 bridgehead atoms. The number of hydrogen-bond donors (Lipinski definition) is 2. The van der Waals surface area contributed by atoms with Gasteiger partial charge >= 0.3 is 6.18 Å². The van der Waals surface area contributed by atoms with Crippen LogP contribution in [-0.2, 0) is 12.6 Å². The van der Waals surface area contributed by atoms with Crippen molar-refractivity contribution < 1.29 is 13.2 Å². The summed E-state index contributed by atoms with van der Waals surface area (Å²) in [6.45, 7) is 4.88. The van der Waals surface area contributed by atoms with E-state index in [1.54, 1.807) is 18.8 Å². The third kappa shape index (κ3) is 9.40. The minimum Gasteiger partial charge on any atom is -0.356 e. The first kappa shape index (κ1) is 22.5. The van der Waals surface area contributed by atoms with E-state index < -0.39 is 11.9 Å². The van der Waals surface area contributed by atoms with E-state index in [0.717, 1.165) is 34.8 Å². The molecule has 1 heterocycles. The van der Waals surface area contributed by atoms with Crippen LogP contribution < -0.4 is 10.6 Å². The second kappa shape index (κ2) is 12.0. The zero-order chi connectivity index (χ0) is 16.4. The molecule has 4 nitrogen and oxygen atoms in total. The number of nitrogens with one attached hydrogen (secondary N) is 2. The van der Waals surface area contributed by atoms with Gasteiger partial charge in [0.1, 0.15) is 0 Å². The minimum absolute atomic E-state index is 0. The fraction of sp³-hybridized carbons (Fsp3) is 0.538. The smallest absolute Gasteiger partial charge is 0.356 e. The monoisotopic (exact) mass is 480 g/mol. The standard InChI is InChI=1S/C13H19F3N4S2.HI/c1-3-7-21-8-6-19-12(17-2)18-5-4-11-20-10(9-22-11)13(14,15)16;/h3,9H,1,4-8H2,2H3,(H2,17,18,19);1H. The summed E-state index contributed by atoms with van der Waals surface area (Å²) in [5.74, 6) is 2.46. The van der Waals surface area contributed by atoms with Crippen molar-refractivity contribution in [2.45, 2.75) is 12.6 Å². The Kier molecular flexibility index (Phi) is 11.7. The third-order valence-electron chi connectivity index (χ3n) is 2.47. The van der Waals surface area contributed by atoms with Gasteiger partial charge in [-0.3, -0.25) is 4.99 Å². The number of nitrogens with zero attached hydrogens (tertiary/aromatic N) is 2. The summed E-state index contributed by atoms with van der Waals surface area (Å²) in [7, 11) is 1.65. The van der Waals surface area contributed by atoms with Crippen LogP contribution in [-0.4, -0.2) is 42.6 Å². The van der Waals surface area contributed by atoms with Gasteiger partial charge in [-0.2, -0.15) is 24.9 Å². The average Bonchev–Trinajstić information content (AvgIpc) is 2.94. The molecule has 23 heavy (non-hydrogen) atoms. The van der Waals surface area contributed by atoms with E-state index in [9.17, 15) is 13.2 Å². The molecule has 0 saturated carbocycles. The molecule has 0 aromatic carbocycles. The van der Waals surface area contributed by atoms with E-state index in [-0.39, 0.29) is 24.0 Å². The Hall–Kier alpha value is -0.490. The lowest BCUT2D eigenvalue weighted by Crippen LogP contribution is -2.39. The van der Waals surface area contributed by atoms with Gasteiger partial charge in [0.2, 0.25) is 0 Å². The Labute approximate surface area is 159 Å². The van der Waals surface area contributed by atoms with Crippen molar-refractivity contribution in [2.24, 2.45) is 4.99 Å². The third-order valence-corrected chi connectivity index (χ3v) is 4.34. The second-order valence-corrected chi connectivity index (χ2v) is 6.26. The number of guanidine groups is 1. The van der Waals surface area contributed by atoms with Gasteiger partial charge in [-0.05, 0) is 0 Å². The van der Waals surface area contributed by atoms with E-state index in [2.05, 4.69) is 27.2 Å². The maximum Gasteiger partial charge on any atom is 0.434 e. The van der Waals surface area contributed by atoms with Gasteiger partial charge in [-0.1, -0.05) is 6.08 Å². The lowest BCUT2D eigenvalue weighted by Gasteiger charge is -2.10. The molecule has 0 unspecified atom stereocenters. The lowest BCUT2D eigenvalue weighted by molar-refractivity contribution is -0.140. The van der Waals surface area contributed by atoms with Crippen LogP contribution in [0, 0.1) is 0 Å². The summed E-state index contributed by atoms with van der Waals surface area (Å²) in [4.78, 5) is 7.63. The van der Waals surface area contributed by atoms with Gasteiger partial charge in [0.05, 0.1) is 5.01 Å². The first-order chi connectivity index (χ1) is 10.5. The Morgan fingerprint density at radius 2 is 2.13 bits per heavy atom. The lowest BCUT2D eigenvalue weighted by atomic mass is 10.4. The van der Waals surface area contributed by atoms with Crippen molar-refractivity contribution in [1.29, 1.82) is 0 Å². The van der Waals surface area contributed by atoms with Crippen LogP contribution in [0.3, 0.4) is 0 Å². The molecule has 1 aromatic heterocycles. The highest BCUT2D eigenvalue weighted by molar-refractivity contribution is 14.0. The summed E-state index contributed by atoms with van der Waals surface area (Å²) in [5, 5.41) is 7.68. The molecule has 0 aliphatic rings. The quantitative estimate of drug-likeness (QED) is 0.197. The molecular weight excluding hydrogens is 460 g/mol. The summed E-state index contributed by atoms with van der Waals surface area (Å²) in [6.07, 6.45) is -2.10. The Morgan fingerprint density at radius 3 is 2.70 bits per heavy atom. The fourth-order valence-corrected chi connectivity index (χ4v) is 2.86. The minimum atomic E-state index is -4.37. The molecule has 1 aromatic rings. The van der Waals surface area contributed by atoms with Gasteiger partial charge in [0.15, 0.2) is 11.7 Å². The topological polar surface area (TPSA) is 49.3 Å². The number of aliphatic imine (C=N–C) groups is 1. The zero-order valence-electron chi connectivity index (χ0n) is 12.7. The fourth-order valence-electron chi connectivity index (χ4n) is 1.47. The molecule has 0 atom stereocenters. The molecule has 2 N–H and O–H groups in total. The van der Waals surface area contributed by atoms with E-state index in [1.165, 1.54) is 0 Å². The molecule has 0 saturated heterocycles. The molecule has 132 valence electrons. The number of alkyl halides is 3. The van der Waals surface area contributed by atoms with Crippen LogP contribution in [0.4, 0.5) is 13.2 Å². The van der Waals surface area contributed by atoms with Gasteiger partial charge in [-0.25, -0.2) is 4.98 Å². The molecular formula is C13H20F3IN4S2. The van der Waals surface area contributed by atoms with Crippen LogP contribution in [0.25, 0.3) is 0 Å². The number of thioether (sulfide) groups is 1. The van der Waals surface area contributed by atoms with Crippen molar-refractivity contribution in [1.82, 2.24) is 15.6 Å². The molecule has 0 radical (unpaired) electrons. The van der Waals surface area contributed by atoms with Gasteiger partial charge in [0, 0.05) is 43.4 Å². The predicted molar refractivity (Wildman–Crippen MR) is 103 cm³/mol. The van der Waals surface area contributed by atoms with Gasteiger partial charge in [0.25, 0.3) is 0 Å². The molecule has 0 aliphatic heterocycles. The highest BCUT2D eigenvalue weighted by Gasteiger charge is 2.33. The number of hydrogen-bond acceptors (Lipinski definition) is 4.